The van der Waals surface area contributed by atoms with Crippen LogP contribution in [-0.2, 0) is 19.1 Å². The molecule has 164 valence electrons. The van der Waals surface area contributed by atoms with E-state index in [1.807, 2.05) is 20.8 Å². The van der Waals surface area contributed by atoms with Crippen LogP contribution in [0.15, 0.2) is 0 Å². The molecule has 11 heteroatoms. The Labute approximate surface area is 174 Å². The number of hydrogen-bond acceptors (Lipinski definition) is 10. The van der Waals surface area contributed by atoms with Gasteiger partial charge in [-0.1, -0.05) is 0 Å². The van der Waals surface area contributed by atoms with E-state index in [4.69, 9.17) is 19.3 Å². The SMILES string of the molecule is CC(C)(C)NCC(COc1nsnc1N1CCOCC1)OC(=O)CCCC(=O)O. The molecule has 0 saturated carbocycles. The minimum absolute atomic E-state index is 0.0512. The fourth-order valence-electron chi connectivity index (χ4n) is 2.59. The number of rotatable bonds is 11. The Morgan fingerprint density at radius 3 is 2.66 bits per heavy atom. The van der Waals surface area contributed by atoms with Crippen LogP contribution in [0.2, 0.25) is 0 Å². The van der Waals surface area contributed by atoms with E-state index in [0.29, 0.717) is 31.5 Å². The highest BCUT2D eigenvalue weighted by Crippen LogP contribution is 2.26. The molecule has 0 radical (unpaired) electrons. The maximum Gasteiger partial charge on any atom is 0.306 e. The van der Waals surface area contributed by atoms with E-state index in [1.54, 1.807) is 0 Å². The third kappa shape index (κ3) is 8.92. The van der Waals surface area contributed by atoms with Crippen molar-refractivity contribution >= 4 is 29.5 Å². The fraction of sp³-hybridized carbons (Fsp3) is 0.778. The number of aliphatic carboxylic acids is 1. The summed E-state index contributed by atoms with van der Waals surface area (Å²) in [7, 11) is 0. The van der Waals surface area contributed by atoms with Crippen LogP contribution in [0.4, 0.5) is 5.82 Å². The molecule has 0 spiro atoms. The third-order valence-corrected chi connectivity index (χ3v) is 4.59. The van der Waals surface area contributed by atoms with Crippen molar-refractivity contribution < 1.29 is 28.9 Å². The zero-order chi connectivity index (χ0) is 21.3. The molecule has 1 aliphatic heterocycles. The topological polar surface area (TPSA) is 123 Å². The number of anilines is 1. The molecule has 0 aliphatic carbocycles. The van der Waals surface area contributed by atoms with Crippen LogP contribution in [-0.4, -0.2) is 76.9 Å². The van der Waals surface area contributed by atoms with Crippen molar-refractivity contribution in [3.63, 3.8) is 0 Å². The molecule has 1 aromatic rings. The number of esters is 1. The lowest BCUT2D eigenvalue weighted by Gasteiger charge is -2.27. The highest BCUT2D eigenvalue weighted by atomic mass is 32.1. The van der Waals surface area contributed by atoms with Gasteiger partial charge in [-0.2, -0.15) is 4.37 Å². The minimum atomic E-state index is -0.932. The van der Waals surface area contributed by atoms with Crippen LogP contribution in [0.1, 0.15) is 40.0 Å². The van der Waals surface area contributed by atoms with Gasteiger partial charge in [0.05, 0.1) is 24.9 Å². The molecule has 2 N–H and O–H groups in total. The van der Waals surface area contributed by atoms with Crippen LogP contribution < -0.4 is 15.0 Å². The smallest absolute Gasteiger partial charge is 0.306 e. The van der Waals surface area contributed by atoms with Gasteiger partial charge in [0.15, 0.2) is 0 Å². The van der Waals surface area contributed by atoms with Crippen molar-refractivity contribution in [1.82, 2.24) is 14.1 Å². The molecule has 1 aliphatic rings. The van der Waals surface area contributed by atoms with Crippen LogP contribution in [0.25, 0.3) is 0 Å². The molecule has 0 bridgehead atoms. The van der Waals surface area contributed by atoms with Gasteiger partial charge >= 0.3 is 11.9 Å². The number of carbonyl (C=O) groups excluding carboxylic acids is 1. The monoisotopic (exact) mass is 430 g/mol. The van der Waals surface area contributed by atoms with Gasteiger partial charge < -0.3 is 29.5 Å². The fourth-order valence-corrected chi connectivity index (χ4v) is 3.11. The summed E-state index contributed by atoms with van der Waals surface area (Å²) >= 11 is 1.07. The van der Waals surface area contributed by atoms with Crippen molar-refractivity contribution in [3.8, 4) is 5.88 Å². The van der Waals surface area contributed by atoms with Crippen LogP contribution in [0.5, 0.6) is 5.88 Å². The molecule has 29 heavy (non-hydrogen) atoms. The number of nitrogens with one attached hydrogen (secondary N) is 1. The molecule has 10 nitrogen and oxygen atoms in total. The lowest BCUT2D eigenvalue weighted by atomic mass is 10.1. The summed E-state index contributed by atoms with van der Waals surface area (Å²) in [6.07, 6.45) is -0.309. The van der Waals surface area contributed by atoms with Gasteiger partial charge in [0.25, 0.3) is 5.88 Å². The second-order valence-electron chi connectivity index (χ2n) is 7.79. The van der Waals surface area contributed by atoms with Crippen molar-refractivity contribution in [1.29, 1.82) is 0 Å². The van der Waals surface area contributed by atoms with E-state index in [-0.39, 0.29) is 31.4 Å². The summed E-state index contributed by atoms with van der Waals surface area (Å²) in [5.74, 6) is -0.285. The predicted molar refractivity (Wildman–Crippen MR) is 108 cm³/mol. The van der Waals surface area contributed by atoms with E-state index in [2.05, 4.69) is 19.0 Å². The Bertz CT molecular complexity index is 657. The molecule has 1 unspecified atom stereocenters. The van der Waals surface area contributed by atoms with Gasteiger partial charge in [-0.3, -0.25) is 9.59 Å². The Balaban J connectivity index is 1.92. The molecular formula is C18H30N4O6S. The Kier molecular flexibility index (Phi) is 9.05. The van der Waals surface area contributed by atoms with Crippen molar-refractivity contribution in [2.24, 2.45) is 0 Å². The highest BCUT2D eigenvalue weighted by molar-refractivity contribution is 6.99. The number of carboxylic acid groups (broad SMARTS) is 1. The molecule has 0 aromatic carbocycles. The predicted octanol–water partition coefficient (Wildman–Crippen LogP) is 1.31. The molecule has 1 aromatic heterocycles. The summed E-state index contributed by atoms with van der Waals surface area (Å²) in [4.78, 5) is 24.8. The normalized spacial score (nSPS) is 15.8. The standard InChI is InChI=1S/C18H30N4O6S/c1-18(2,3)19-11-13(28-15(25)6-4-5-14(23)24)12-27-17-16(20-29-21-17)22-7-9-26-10-8-22/h13,19H,4-12H2,1-3H3,(H,23,24). The Morgan fingerprint density at radius 1 is 1.28 bits per heavy atom. The van der Waals surface area contributed by atoms with Gasteiger partial charge in [0, 0.05) is 38.0 Å². The maximum absolute atomic E-state index is 12.1. The van der Waals surface area contributed by atoms with Crippen LogP contribution in [0, 0.1) is 0 Å². The number of ether oxygens (including phenoxy) is 3. The lowest BCUT2D eigenvalue weighted by molar-refractivity contribution is -0.150. The van der Waals surface area contributed by atoms with E-state index in [0.717, 1.165) is 24.8 Å². The number of hydrogen-bond donors (Lipinski definition) is 2. The zero-order valence-electron chi connectivity index (χ0n) is 17.2. The zero-order valence-corrected chi connectivity index (χ0v) is 18.0. The van der Waals surface area contributed by atoms with Gasteiger partial charge in [-0.05, 0) is 27.2 Å². The largest absolute Gasteiger partial charge is 0.481 e. The summed E-state index contributed by atoms with van der Waals surface area (Å²) in [5.41, 5.74) is -0.158. The van der Waals surface area contributed by atoms with Gasteiger partial charge in [0.1, 0.15) is 12.7 Å². The summed E-state index contributed by atoms with van der Waals surface area (Å²) in [5, 5.41) is 12.0. The first-order valence-corrected chi connectivity index (χ1v) is 10.4. The Morgan fingerprint density at radius 2 is 2.00 bits per heavy atom. The summed E-state index contributed by atoms with van der Waals surface area (Å²) in [6, 6.07) is 0. The first-order valence-electron chi connectivity index (χ1n) is 9.69. The Hall–Kier alpha value is -1.98. The highest BCUT2D eigenvalue weighted by Gasteiger charge is 2.23. The molecule has 1 saturated heterocycles. The van der Waals surface area contributed by atoms with Crippen LogP contribution >= 0.6 is 11.7 Å². The molecule has 1 atom stereocenters. The number of nitrogens with zero attached hydrogens (tertiary/aromatic N) is 3. The number of carbonyl (C=O) groups is 2. The molecular weight excluding hydrogens is 400 g/mol. The number of morpholine rings is 1. The molecule has 0 amide bonds. The lowest BCUT2D eigenvalue weighted by Crippen LogP contribution is -2.44. The first kappa shape index (κ1) is 23.3. The van der Waals surface area contributed by atoms with E-state index >= 15 is 0 Å². The summed E-state index contributed by atoms with van der Waals surface area (Å²) in [6.45, 7) is 9.26. The quantitative estimate of drug-likeness (QED) is 0.497. The maximum atomic E-state index is 12.1. The number of aromatic nitrogens is 2. The van der Waals surface area contributed by atoms with Gasteiger partial charge in [-0.15, -0.1) is 4.37 Å². The molecule has 1 fully saturated rings. The average molecular weight is 431 g/mol. The van der Waals surface area contributed by atoms with Crippen molar-refractivity contribution in [2.45, 2.75) is 51.7 Å². The number of carboxylic acids is 1. The minimum Gasteiger partial charge on any atom is -0.481 e. The molecule has 2 heterocycles. The average Bonchev–Trinajstić information content (AvgIpc) is 3.12. The molecule has 2 rings (SSSR count). The summed E-state index contributed by atoms with van der Waals surface area (Å²) < 4.78 is 25.3. The second kappa shape index (κ2) is 11.3. The van der Waals surface area contributed by atoms with E-state index in [1.165, 1.54) is 0 Å². The van der Waals surface area contributed by atoms with Gasteiger partial charge in [-0.25, -0.2) is 0 Å². The second-order valence-corrected chi connectivity index (χ2v) is 8.32. The van der Waals surface area contributed by atoms with Crippen molar-refractivity contribution in [3.05, 3.63) is 0 Å². The third-order valence-electron chi connectivity index (χ3n) is 4.09. The first-order chi connectivity index (χ1) is 13.7. The van der Waals surface area contributed by atoms with Crippen molar-refractivity contribution in [2.75, 3.05) is 44.4 Å². The van der Waals surface area contributed by atoms with E-state index in [9.17, 15) is 9.59 Å². The van der Waals surface area contributed by atoms with E-state index < -0.39 is 18.0 Å². The van der Waals surface area contributed by atoms with Gasteiger partial charge in [0.2, 0.25) is 5.82 Å². The van der Waals surface area contributed by atoms with Crippen LogP contribution in [0.3, 0.4) is 0 Å².